The Morgan fingerprint density at radius 3 is 2.80 bits per heavy atom. The lowest BCUT2D eigenvalue weighted by Crippen LogP contribution is -2.51. The van der Waals surface area contributed by atoms with E-state index in [0.717, 1.165) is 36.0 Å². The summed E-state index contributed by atoms with van der Waals surface area (Å²) >= 11 is 0. The summed E-state index contributed by atoms with van der Waals surface area (Å²) in [5, 5.41) is 0. The van der Waals surface area contributed by atoms with E-state index in [-0.39, 0.29) is 0 Å². The Balaban J connectivity index is 1.75. The number of rotatable bonds is 0. The average Bonchev–Trinajstić information content (AvgIpc) is 2.26. The first-order valence-corrected chi connectivity index (χ1v) is 6.67. The van der Waals surface area contributed by atoms with Crippen molar-refractivity contribution in [1.82, 2.24) is 0 Å². The Morgan fingerprint density at radius 2 is 1.87 bits per heavy atom. The number of carbonyl (C=O) groups excluding carboxylic acids is 1. The number of ketones is 1. The van der Waals surface area contributed by atoms with Gasteiger partial charge in [0.15, 0.2) is 0 Å². The van der Waals surface area contributed by atoms with Gasteiger partial charge in [-0.15, -0.1) is 0 Å². The van der Waals surface area contributed by atoms with Crippen LogP contribution < -0.4 is 0 Å². The van der Waals surface area contributed by atoms with Crippen molar-refractivity contribution < 1.29 is 4.79 Å². The minimum Gasteiger partial charge on any atom is -0.299 e. The van der Waals surface area contributed by atoms with Crippen LogP contribution >= 0.6 is 0 Å². The smallest absolute Gasteiger partial charge is 0.136 e. The summed E-state index contributed by atoms with van der Waals surface area (Å²) in [6, 6.07) is 0. The topological polar surface area (TPSA) is 17.1 Å². The Hall–Kier alpha value is -0.330. The molecule has 0 aromatic rings. The SMILES string of the molecule is O=C1CC2CC3[CH]CC4CC1C(C2)C3C4. The maximum atomic E-state index is 12.1. The van der Waals surface area contributed by atoms with Crippen LogP contribution in [-0.4, -0.2) is 5.78 Å². The zero-order chi connectivity index (χ0) is 9.99. The quantitative estimate of drug-likeness (QED) is 0.591. The maximum absolute atomic E-state index is 12.1. The molecule has 4 aliphatic carbocycles. The van der Waals surface area contributed by atoms with Gasteiger partial charge in [0.2, 0.25) is 0 Å². The predicted octanol–water partition coefficient (Wildman–Crippen LogP) is 2.85. The monoisotopic (exact) mass is 203 g/mol. The van der Waals surface area contributed by atoms with E-state index in [1.807, 2.05) is 0 Å². The number of fused-ring (bicyclic) bond motifs is 2. The summed E-state index contributed by atoms with van der Waals surface area (Å²) in [7, 11) is 0. The molecule has 1 radical (unpaired) electrons. The van der Waals surface area contributed by atoms with E-state index in [2.05, 4.69) is 6.42 Å². The van der Waals surface area contributed by atoms with Gasteiger partial charge in [0.1, 0.15) is 5.78 Å². The van der Waals surface area contributed by atoms with Crippen LogP contribution in [0.15, 0.2) is 0 Å². The molecule has 4 fully saturated rings. The molecule has 15 heavy (non-hydrogen) atoms. The van der Waals surface area contributed by atoms with Crippen molar-refractivity contribution in [2.24, 2.45) is 35.5 Å². The Labute approximate surface area is 91.6 Å². The number of Topliss-reactive ketones (excluding diaryl/α,β-unsaturated/α-hetero) is 1. The minimum absolute atomic E-state index is 0.488. The van der Waals surface area contributed by atoms with Crippen LogP contribution in [0.5, 0.6) is 0 Å². The van der Waals surface area contributed by atoms with Crippen LogP contribution in [0.25, 0.3) is 0 Å². The molecule has 0 saturated heterocycles. The summed E-state index contributed by atoms with van der Waals surface area (Å²) in [6.45, 7) is 0. The number of hydrogen-bond acceptors (Lipinski definition) is 1. The minimum atomic E-state index is 0.488. The van der Waals surface area contributed by atoms with Gasteiger partial charge in [-0.05, 0) is 68.1 Å². The normalized spacial score (nSPS) is 56.9. The molecule has 4 bridgehead atoms. The highest BCUT2D eigenvalue weighted by Crippen LogP contribution is 2.58. The van der Waals surface area contributed by atoms with E-state index in [9.17, 15) is 4.79 Å². The molecule has 6 unspecified atom stereocenters. The van der Waals surface area contributed by atoms with Crippen LogP contribution in [0.4, 0.5) is 0 Å². The second-order valence-corrected chi connectivity index (χ2v) is 6.41. The molecule has 81 valence electrons. The fourth-order valence-corrected chi connectivity index (χ4v) is 5.16. The van der Waals surface area contributed by atoms with Crippen molar-refractivity contribution in [2.75, 3.05) is 0 Å². The Bertz CT molecular complexity index is 306. The first-order chi connectivity index (χ1) is 7.31. The Kier molecular flexibility index (Phi) is 1.68. The first kappa shape index (κ1) is 8.78. The molecule has 0 aromatic carbocycles. The van der Waals surface area contributed by atoms with Crippen molar-refractivity contribution in [3.05, 3.63) is 6.42 Å². The number of carbonyl (C=O) groups is 1. The third kappa shape index (κ3) is 1.13. The number of hydrogen-bond donors (Lipinski definition) is 0. The van der Waals surface area contributed by atoms with Crippen molar-refractivity contribution in [1.29, 1.82) is 0 Å². The van der Waals surface area contributed by atoms with Crippen molar-refractivity contribution in [3.63, 3.8) is 0 Å². The van der Waals surface area contributed by atoms with E-state index in [0.29, 0.717) is 11.7 Å². The highest BCUT2D eigenvalue weighted by Gasteiger charge is 2.52. The third-order valence-corrected chi connectivity index (χ3v) is 5.70. The van der Waals surface area contributed by atoms with Crippen LogP contribution in [0.3, 0.4) is 0 Å². The van der Waals surface area contributed by atoms with Gasteiger partial charge < -0.3 is 0 Å². The molecule has 6 atom stereocenters. The molecule has 0 amide bonds. The molecule has 0 aliphatic heterocycles. The van der Waals surface area contributed by atoms with Gasteiger partial charge in [-0.25, -0.2) is 0 Å². The average molecular weight is 203 g/mol. The van der Waals surface area contributed by atoms with Crippen LogP contribution in [0, 0.1) is 41.9 Å². The van der Waals surface area contributed by atoms with E-state index in [4.69, 9.17) is 0 Å². The molecule has 4 saturated carbocycles. The first-order valence-electron chi connectivity index (χ1n) is 6.67. The van der Waals surface area contributed by atoms with Gasteiger partial charge in [-0.1, -0.05) is 0 Å². The van der Waals surface area contributed by atoms with Gasteiger partial charge >= 0.3 is 0 Å². The fraction of sp³-hybridized carbons (Fsp3) is 0.857. The maximum Gasteiger partial charge on any atom is 0.136 e. The Morgan fingerprint density at radius 1 is 1.00 bits per heavy atom. The molecule has 0 spiro atoms. The third-order valence-electron chi connectivity index (χ3n) is 5.70. The highest BCUT2D eigenvalue weighted by atomic mass is 16.1. The molecule has 0 heterocycles. The summed E-state index contributed by atoms with van der Waals surface area (Å²) < 4.78 is 0. The molecule has 0 N–H and O–H groups in total. The van der Waals surface area contributed by atoms with Crippen LogP contribution in [0.1, 0.15) is 38.5 Å². The second-order valence-electron chi connectivity index (χ2n) is 6.41. The lowest BCUT2D eigenvalue weighted by atomic mass is 9.48. The zero-order valence-electron chi connectivity index (χ0n) is 9.19. The second kappa shape index (κ2) is 2.87. The molecular weight excluding hydrogens is 184 g/mol. The lowest BCUT2D eigenvalue weighted by molar-refractivity contribution is -0.139. The van der Waals surface area contributed by atoms with E-state index in [1.165, 1.54) is 32.1 Å². The van der Waals surface area contributed by atoms with Gasteiger partial charge in [-0.2, -0.15) is 0 Å². The van der Waals surface area contributed by atoms with Gasteiger partial charge in [0.25, 0.3) is 0 Å². The zero-order valence-corrected chi connectivity index (χ0v) is 9.19. The van der Waals surface area contributed by atoms with E-state index < -0.39 is 0 Å². The highest BCUT2D eigenvalue weighted by molar-refractivity contribution is 5.82. The van der Waals surface area contributed by atoms with Crippen LogP contribution in [-0.2, 0) is 4.79 Å². The van der Waals surface area contributed by atoms with Crippen molar-refractivity contribution >= 4 is 5.78 Å². The van der Waals surface area contributed by atoms with Crippen LogP contribution in [0.2, 0.25) is 0 Å². The van der Waals surface area contributed by atoms with Crippen molar-refractivity contribution in [2.45, 2.75) is 38.5 Å². The standard InChI is InChI=1S/C14H19O/c15-14-7-9-3-10-2-1-8-4-11(10)12(6-9)13(14)5-8/h2,8-13H,1,3-7H2. The summed E-state index contributed by atoms with van der Waals surface area (Å²) in [5.41, 5.74) is 0. The molecule has 4 rings (SSSR count). The summed E-state index contributed by atoms with van der Waals surface area (Å²) in [4.78, 5) is 12.1. The van der Waals surface area contributed by atoms with Crippen molar-refractivity contribution in [3.8, 4) is 0 Å². The largest absolute Gasteiger partial charge is 0.299 e. The lowest BCUT2D eigenvalue weighted by Gasteiger charge is -2.56. The van der Waals surface area contributed by atoms with E-state index >= 15 is 0 Å². The van der Waals surface area contributed by atoms with Gasteiger partial charge in [0, 0.05) is 12.3 Å². The molecule has 0 aromatic heterocycles. The molecular formula is C14H19O. The molecule has 1 heteroatoms. The summed E-state index contributed by atoms with van der Waals surface area (Å²) in [6.07, 6.45) is 10.3. The molecule has 4 aliphatic rings. The van der Waals surface area contributed by atoms with Gasteiger partial charge in [-0.3, -0.25) is 4.79 Å². The predicted molar refractivity (Wildman–Crippen MR) is 57.9 cm³/mol. The summed E-state index contributed by atoms with van der Waals surface area (Å²) in [5.74, 6) is 5.33. The van der Waals surface area contributed by atoms with E-state index in [1.54, 1.807) is 0 Å². The molecule has 1 nitrogen and oxygen atoms in total. The van der Waals surface area contributed by atoms with Gasteiger partial charge in [0.05, 0.1) is 0 Å². The fourth-order valence-electron chi connectivity index (χ4n) is 5.16.